The third-order valence-corrected chi connectivity index (χ3v) is 8.09. The molecule has 11 heteroatoms. The van der Waals surface area contributed by atoms with Crippen LogP contribution in [0.4, 0.5) is 0 Å². The predicted molar refractivity (Wildman–Crippen MR) is 141 cm³/mol. The van der Waals surface area contributed by atoms with Crippen molar-refractivity contribution in [2.75, 3.05) is 14.1 Å². The molecule has 3 aliphatic rings. The van der Waals surface area contributed by atoms with E-state index in [2.05, 4.69) is 0 Å². The van der Waals surface area contributed by atoms with E-state index in [0.29, 0.717) is 10.6 Å². The monoisotopic (exact) mass is 552 g/mol. The minimum Gasteiger partial charge on any atom is -0.508 e. The fourth-order valence-electron chi connectivity index (χ4n) is 6.07. The molecule has 39 heavy (non-hydrogen) atoms. The summed E-state index contributed by atoms with van der Waals surface area (Å²) in [6.45, 7) is 0. The summed E-state index contributed by atoms with van der Waals surface area (Å²) in [4.78, 5) is 40.9. The van der Waals surface area contributed by atoms with Crippen molar-refractivity contribution in [1.29, 1.82) is 0 Å². The number of nitrogens with two attached hydrogens (primary N) is 1. The molecule has 0 spiro atoms. The highest BCUT2D eigenvalue weighted by atomic mass is 35.5. The number of fused-ring (bicyclic) bond motifs is 3. The van der Waals surface area contributed by atoms with Crippen LogP contribution in [-0.2, 0) is 14.4 Å². The molecule has 0 bridgehead atoms. The first-order valence-electron chi connectivity index (χ1n) is 11.9. The topological polar surface area (TPSA) is 182 Å². The van der Waals surface area contributed by atoms with Crippen LogP contribution in [0.3, 0.4) is 0 Å². The van der Waals surface area contributed by atoms with Crippen molar-refractivity contribution in [3.8, 4) is 5.75 Å². The van der Waals surface area contributed by atoms with E-state index in [0.717, 1.165) is 0 Å². The van der Waals surface area contributed by atoms with Crippen LogP contribution in [0.2, 0.25) is 5.02 Å². The van der Waals surface area contributed by atoms with Crippen molar-refractivity contribution in [1.82, 2.24) is 4.90 Å². The number of phenolic OH excluding ortho intramolecular Hbond substituents is 1. The molecule has 0 heterocycles. The van der Waals surface area contributed by atoms with Gasteiger partial charge in [0.2, 0.25) is 5.78 Å². The van der Waals surface area contributed by atoms with Gasteiger partial charge in [0, 0.05) is 10.9 Å². The van der Waals surface area contributed by atoms with Crippen molar-refractivity contribution in [3.63, 3.8) is 0 Å². The van der Waals surface area contributed by atoms with Crippen LogP contribution >= 0.6 is 11.6 Å². The number of primary amides is 1. The van der Waals surface area contributed by atoms with E-state index in [4.69, 9.17) is 17.3 Å². The van der Waals surface area contributed by atoms with Crippen molar-refractivity contribution in [2.24, 2.45) is 17.6 Å². The molecule has 0 aliphatic heterocycles. The number of carbonyl (C=O) groups excluding carboxylic acids is 3. The van der Waals surface area contributed by atoms with Gasteiger partial charge < -0.3 is 31.3 Å². The predicted octanol–water partition coefficient (Wildman–Crippen LogP) is 1.59. The van der Waals surface area contributed by atoms with E-state index in [-0.39, 0.29) is 22.4 Å². The van der Waals surface area contributed by atoms with Gasteiger partial charge >= 0.3 is 0 Å². The minimum atomic E-state index is -3.00. The van der Waals surface area contributed by atoms with E-state index in [1.165, 1.54) is 31.1 Å². The lowest BCUT2D eigenvalue weighted by Crippen LogP contribution is -2.70. The highest BCUT2D eigenvalue weighted by Gasteiger charge is 2.68. The normalized spacial score (nSPS) is 29.4. The van der Waals surface area contributed by atoms with Crippen LogP contribution in [-0.4, -0.2) is 79.7 Å². The van der Waals surface area contributed by atoms with Crippen LogP contribution < -0.4 is 5.73 Å². The van der Waals surface area contributed by atoms with Gasteiger partial charge in [-0.05, 0) is 49.0 Å². The third-order valence-electron chi connectivity index (χ3n) is 7.75. The average Bonchev–Trinajstić information content (AvgIpc) is 2.86. The van der Waals surface area contributed by atoms with E-state index in [1.54, 1.807) is 36.4 Å². The standard InChI is InChI=1S/C28H25ClN2O8/c1-31(2)21-20-23(34)17-13(10-11-6-3-4-8-14(11)29)12-7-5-9-15(32)16(12)22(33)18(17)25(36)28(20,39)26(37)19(24(21)35)27(30)38/h3-10,17,20-21,23,32-34,37,39H,1-2H3,(H2,30,38)/b13-10+. The SMILES string of the molecule is CN(C)C1C(=O)C(C(N)=O)=C(O)C2(O)C(=O)C3=C(O)c4c(O)cccc4/C(=C\c4ccccc4Cl)C3C(O)C12. The van der Waals surface area contributed by atoms with Gasteiger partial charge in [-0.1, -0.05) is 41.9 Å². The summed E-state index contributed by atoms with van der Waals surface area (Å²) in [5.41, 5.74) is 1.74. The second-order valence-corrected chi connectivity index (χ2v) is 10.4. The van der Waals surface area contributed by atoms with Crippen molar-refractivity contribution >= 4 is 46.5 Å². The molecule has 3 aliphatic carbocycles. The molecule has 202 valence electrons. The molecule has 7 N–H and O–H groups in total. The number of benzene rings is 2. The number of likely N-dealkylation sites (N-methyl/N-ethyl adjacent to an activating group) is 1. The lowest BCUT2D eigenvalue weighted by molar-refractivity contribution is -0.166. The number of aliphatic hydroxyl groups is 4. The van der Waals surface area contributed by atoms with Crippen LogP contribution in [0.5, 0.6) is 5.75 Å². The second kappa shape index (κ2) is 9.06. The van der Waals surface area contributed by atoms with Gasteiger partial charge in [-0.3, -0.25) is 19.3 Å². The first-order chi connectivity index (χ1) is 18.3. The molecule has 1 saturated carbocycles. The van der Waals surface area contributed by atoms with E-state index in [1.807, 2.05) is 0 Å². The zero-order valence-corrected chi connectivity index (χ0v) is 21.5. The van der Waals surface area contributed by atoms with Crippen LogP contribution in [0.15, 0.2) is 59.4 Å². The Bertz CT molecular complexity index is 1560. The number of hydrogen-bond acceptors (Lipinski definition) is 9. The first-order valence-corrected chi connectivity index (χ1v) is 12.3. The zero-order valence-electron chi connectivity index (χ0n) is 20.8. The number of amides is 1. The summed E-state index contributed by atoms with van der Waals surface area (Å²) < 4.78 is 0. The fraction of sp³-hybridized carbons (Fsp3) is 0.250. The molecule has 0 aromatic heterocycles. The molecule has 0 saturated heterocycles. The first kappa shape index (κ1) is 26.6. The van der Waals surface area contributed by atoms with Crippen molar-refractivity contribution < 1.29 is 39.9 Å². The Morgan fingerprint density at radius 2 is 1.74 bits per heavy atom. The summed E-state index contributed by atoms with van der Waals surface area (Å²) in [7, 11) is 2.89. The van der Waals surface area contributed by atoms with Gasteiger partial charge in [0.15, 0.2) is 11.4 Å². The largest absolute Gasteiger partial charge is 0.508 e. The summed E-state index contributed by atoms with van der Waals surface area (Å²) in [5, 5.41) is 57.0. The molecular formula is C28H25ClN2O8. The molecule has 1 fully saturated rings. The number of aliphatic hydroxyl groups excluding tert-OH is 3. The molecule has 2 aromatic carbocycles. The molecule has 10 nitrogen and oxygen atoms in total. The maximum atomic E-state index is 14.1. The highest BCUT2D eigenvalue weighted by molar-refractivity contribution is 6.32. The quantitative estimate of drug-likeness (QED) is 0.308. The number of Topliss-reactive ketones (excluding diaryl/α,β-unsaturated/α-hetero) is 2. The van der Waals surface area contributed by atoms with E-state index in [9.17, 15) is 39.9 Å². The summed E-state index contributed by atoms with van der Waals surface area (Å²) >= 11 is 6.39. The van der Waals surface area contributed by atoms with Crippen molar-refractivity contribution in [2.45, 2.75) is 17.7 Å². The Morgan fingerprint density at radius 3 is 2.36 bits per heavy atom. The Kier molecular flexibility index (Phi) is 6.19. The number of ketones is 2. The molecule has 5 unspecified atom stereocenters. The Hall–Kier alpha value is -3.96. The second-order valence-electron chi connectivity index (χ2n) is 10.0. The molecular weight excluding hydrogens is 528 g/mol. The van der Waals surface area contributed by atoms with E-state index >= 15 is 0 Å². The minimum absolute atomic E-state index is 0.140. The number of halogens is 1. The van der Waals surface area contributed by atoms with Gasteiger partial charge in [0.25, 0.3) is 5.91 Å². The summed E-state index contributed by atoms with van der Waals surface area (Å²) in [6, 6.07) is 9.66. The van der Waals surface area contributed by atoms with Crippen LogP contribution in [0, 0.1) is 11.8 Å². The molecule has 5 rings (SSSR count). The number of rotatable bonds is 3. The Morgan fingerprint density at radius 1 is 1.08 bits per heavy atom. The van der Waals surface area contributed by atoms with E-state index < -0.39 is 69.7 Å². The van der Waals surface area contributed by atoms with Gasteiger partial charge in [0.1, 0.15) is 22.8 Å². The van der Waals surface area contributed by atoms with Gasteiger partial charge in [-0.15, -0.1) is 0 Å². The number of carbonyl (C=O) groups is 3. The lowest BCUT2D eigenvalue weighted by atomic mass is 9.55. The maximum absolute atomic E-state index is 14.1. The lowest BCUT2D eigenvalue weighted by Gasteiger charge is -2.53. The van der Waals surface area contributed by atoms with Crippen LogP contribution in [0.25, 0.3) is 17.4 Å². The molecule has 0 radical (unpaired) electrons. The maximum Gasteiger partial charge on any atom is 0.255 e. The molecule has 5 atom stereocenters. The van der Waals surface area contributed by atoms with Gasteiger partial charge in [0.05, 0.1) is 29.2 Å². The smallest absolute Gasteiger partial charge is 0.255 e. The third kappa shape index (κ3) is 3.56. The Labute approximate surface area is 227 Å². The van der Waals surface area contributed by atoms with Gasteiger partial charge in [-0.25, -0.2) is 0 Å². The summed E-state index contributed by atoms with van der Waals surface area (Å²) in [5.74, 6) is -9.02. The summed E-state index contributed by atoms with van der Waals surface area (Å²) in [6.07, 6.45) is -0.180. The number of nitrogens with zero attached hydrogens (tertiary/aromatic N) is 1. The number of phenols is 1. The fourth-order valence-corrected chi connectivity index (χ4v) is 6.26. The van der Waals surface area contributed by atoms with Gasteiger partial charge in [-0.2, -0.15) is 0 Å². The number of hydrogen-bond donors (Lipinski definition) is 6. The molecule has 2 aromatic rings. The average molecular weight is 553 g/mol. The molecule has 1 amide bonds. The highest BCUT2D eigenvalue weighted by Crippen LogP contribution is 2.56. The Balaban J connectivity index is 1.88. The van der Waals surface area contributed by atoms with Crippen LogP contribution in [0.1, 0.15) is 16.7 Å². The number of aromatic hydroxyl groups is 1. The zero-order chi connectivity index (χ0) is 28.5. The van der Waals surface area contributed by atoms with Crippen molar-refractivity contribution in [3.05, 3.63) is 81.1 Å².